The van der Waals surface area contributed by atoms with Crippen LogP contribution in [0.4, 0.5) is 5.69 Å². The molecule has 134 valence electrons. The standard InChI is InChI=1S/C21H22N2O3/c1-2-23(17-10-4-3-5-11-17)14-8-13-22-20(24)18-15-16-9-6-7-12-19(16)26-21(18)25/h3-7,9-12,15H,2,8,13-14H2,1H3,(H,22,24). The molecule has 3 aromatic rings. The van der Waals surface area contributed by atoms with E-state index in [9.17, 15) is 9.59 Å². The Labute approximate surface area is 152 Å². The van der Waals surface area contributed by atoms with Crippen LogP contribution in [0.25, 0.3) is 11.0 Å². The van der Waals surface area contributed by atoms with Gasteiger partial charge in [-0.1, -0.05) is 36.4 Å². The molecule has 0 atom stereocenters. The van der Waals surface area contributed by atoms with Gasteiger partial charge in [0.1, 0.15) is 11.1 Å². The van der Waals surface area contributed by atoms with Crippen LogP contribution in [0.3, 0.4) is 0 Å². The average Bonchev–Trinajstić information content (AvgIpc) is 2.68. The third-order valence-electron chi connectivity index (χ3n) is 4.28. The highest BCUT2D eigenvalue weighted by Gasteiger charge is 2.13. The summed E-state index contributed by atoms with van der Waals surface area (Å²) in [5.41, 5.74) is 1.08. The Morgan fingerprint density at radius 3 is 2.58 bits per heavy atom. The van der Waals surface area contributed by atoms with E-state index in [1.54, 1.807) is 18.2 Å². The van der Waals surface area contributed by atoms with Gasteiger partial charge in [0, 0.05) is 30.7 Å². The average molecular weight is 350 g/mol. The second-order valence-electron chi connectivity index (χ2n) is 6.01. The van der Waals surface area contributed by atoms with Crippen LogP contribution in [-0.4, -0.2) is 25.5 Å². The lowest BCUT2D eigenvalue weighted by Gasteiger charge is -2.23. The minimum absolute atomic E-state index is 0.0408. The van der Waals surface area contributed by atoms with Crippen LogP contribution < -0.4 is 15.8 Å². The number of benzene rings is 2. The van der Waals surface area contributed by atoms with E-state index in [4.69, 9.17) is 4.42 Å². The normalized spacial score (nSPS) is 10.7. The fourth-order valence-electron chi connectivity index (χ4n) is 2.90. The summed E-state index contributed by atoms with van der Waals surface area (Å²) in [7, 11) is 0. The number of carbonyl (C=O) groups is 1. The molecule has 0 aliphatic heterocycles. The first-order chi connectivity index (χ1) is 12.7. The number of amides is 1. The highest BCUT2D eigenvalue weighted by Crippen LogP contribution is 2.13. The number of para-hydroxylation sites is 2. The summed E-state index contributed by atoms with van der Waals surface area (Å²) in [6.45, 7) is 4.32. The molecule has 0 bridgehead atoms. The van der Waals surface area contributed by atoms with Crippen LogP contribution >= 0.6 is 0 Å². The second-order valence-corrected chi connectivity index (χ2v) is 6.01. The molecule has 0 aliphatic carbocycles. The summed E-state index contributed by atoms with van der Waals surface area (Å²) >= 11 is 0. The van der Waals surface area contributed by atoms with Crippen molar-refractivity contribution in [2.45, 2.75) is 13.3 Å². The summed E-state index contributed by atoms with van der Waals surface area (Å²) in [6.07, 6.45) is 0.785. The predicted octanol–water partition coefficient (Wildman–Crippen LogP) is 3.44. The Kier molecular flexibility index (Phi) is 5.69. The zero-order valence-corrected chi connectivity index (χ0v) is 14.8. The SMILES string of the molecule is CCN(CCCNC(=O)c1cc2ccccc2oc1=O)c1ccccc1. The number of hydrogen-bond donors (Lipinski definition) is 1. The van der Waals surface area contributed by atoms with Gasteiger partial charge in [-0.3, -0.25) is 4.79 Å². The Morgan fingerprint density at radius 2 is 1.81 bits per heavy atom. The second kappa shape index (κ2) is 8.34. The van der Waals surface area contributed by atoms with Crippen molar-refractivity contribution >= 4 is 22.6 Å². The molecule has 1 aromatic heterocycles. The molecule has 26 heavy (non-hydrogen) atoms. The van der Waals surface area contributed by atoms with Gasteiger partial charge in [-0.15, -0.1) is 0 Å². The van der Waals surface area contributed by atoms with Gasteiger partial charge in [-0.05, 0) is 37.6 Å². The third kappa shape index (κ3) is 4.11. The van der Waals surface area contributed by atoms with Gasteiger partial charge in [0.15, 0.2) is 0 Å². The number of fused-ring (bicyclic) bond motifs is 1. The van der Waals surface area contributed by atoms with Gasteiger partial charge in [0.25, 0.3) is 5.91 Å². The van der Waals surface area contributed by atoms with Crippen LogP contribution in [0.5, 0.6) is 0 Å². The summed E-state index contributed by atoms with van der Waals surface area (Å²) in [5, 5.41) is 3.54. The Balaban J connectivity index is 1.57. The number of rotatable bonds is 7. The molecule has 0 fully saturated rings. The van der Waals surface area contributed by atoms with Crippen molar-refractivity contribution in [1.29, 1.82) is 0 Å². The zero-order chi connectivity index (χ0) is 18.4. The largest absolute Gasteiger partial charge is 0.422 e. The topological polar surface area (TPSA) is 62.6 Å². The van der Waals surface area contributed by atoms with Gasteiger partial charge in [-0.25, -0.2) is 4.79 Å². The predicted molar refractivity (Wildman–Crippen MR) is 104 cm³/mol. The minimum Gasteiger partial charge on any atom is -0.422 e. The molecule has 5 nitrogen and oxygen atoms in total. The van der Waals surface area contributed by atoms with E-state index >= 15 is 0 Å². The molecule has 0 radical (unpaired) electrons. The van der Waals surface area contributed by atoms with E-state index in [1.165, 1.54) is 0 Å². The van der Waals surface area contributed by atoms with Crippen LogP contribution in [0.2, 0.25) is 0 Å². The van der Waals surface area contributed by atoms with E-state index < -0.39 is 11.5 Å². The van der Waals surface area contributed by atoms with Crippen LogP contribution in [0.15, 0.2) is 69.9 Å². The molecule has 0 saturated carbocycles. The van der Waals surface area contributed by atoms with Crippen molar-refractivity contribution < 1.29 is 9.21 Å². The van der Waals surface area contributed by atoms with Gasteiger partial charge in [0.2, 0.25) is 0 Å². The fourth-order valence-corrected chi connectivity index (χ4v) is 2.90. The Bertz CT molecular complexity index is 935. The number of carbonyl (C=O) groups excluding carboxylic acids is 1. The maximum atomic E-state index is 12.3. The molecule has 1 amide bonds. The lowest BCUT2D eigenvalue weighted by atomic mass is 10.2. The summed E-state index contributed by atoms with van der Waals surface area (Å²) in [4.78, 5) is 26.6. The Hall–Kier alpha value is -3.08. The maximum Gasteiger partial charge on any atom is 0.349 e. The highest BCUT2D eigenvalue weighted by atomic mass is 16.4. The first-order valence-corrected chi connectivity index (χ1v) is 8.80. The molecular formula is C21H22N2O3. The van der Waals surface area contributed by atoms with Crippen molar-refractivity contribution in [2.75, 3.05) is 24.5 Å². The van der Waals surface area contributed by atoms with Crippen molar-refractivity contribution in [3.8, 4) is 0 Å². The van der Waals surface area contributed by atoms with E-state index in [0.29, 0.717) is 12.1 Å². The van der Waals surface area contributed by atoms with Gasteiger partial charge in [0.05, 0.1) is 0 Å². The summed E-state index contributed by atoms with van der Waals surface area (Å²) in [6, 6.07) is 18.9. The lowest BCUT2D eigenvalue weighted by molar-refractivity contribution is 0.0950. The van der Waals surface area contributed by atoms with Gasteiger partial charge >= 0.3 is 5.63 Å². The molecule has 1 N–H and O–H groups in total. The zero-order valence-electron chi connectivity index (χ0n) is 14.8. The van der Waals surface area contributed by atoms with Crippen LogP contribution in [0, 0.1) is 0 Å². The van der Waals surface area contributed by atoms with Crippen LogP contribution in [0.1, 0.15) is 23.7 Å². The van der Waals surface area contributed by atoms with Crippen molar-refractivity contribution in [2.24, 2.45) is 0 Å². The number of hydrogen-bond acceptors (Lipinski definition) is 4. The van der Waals surface area contributed by atoms with Crippen LogP contribution in [-0.2, 0) is 0 Å². The smallest absolute Gasteiger partial charge is 0.349 e. The first-order valence-electron chi connectivity index (χ1n) is 8.80. The molecule has 0 unspecified atom stereocenters. The monoisotopic (exact) mass is 350 g/mol. The quantitative estimate of drug-likeness (QED) is 0.524. The molecule has 0 spiro atoms. The number of nitrogens with one attached hydrogen (secondary N) is 1. The number of anilines is 1. The minimum atomic E-state index is -0.610. The fraction of sp³-hybridized carbons (Fsp3) is 0.238. The molecule has 3 rings (SSSR count). The molecule has 2 aromatic carbocycles. The third-order valence-corrected chi connectivity index (χ3v) is 4.28. The van der Waals surface area contributed by atoms with Gasteiger partial charge < -0.3 is 14.6 Å². The molecule has 0 saturated heterocycles. The lowest BCUT2D eigenvalue weighted by Crippen LogP contribution is -2.32. The van der Waals surface area contributed by atoms with Crippen molar-refractivity contribution in [3.05, 3.63) is 76.6 Å². The van der Waals surface area contributed by atoms with Crippen molar-refractivity contribution in [1.82, 2.24) is 5.32 Å². The summed E-state index contributed by atoms with van der Waals surface area (Å²) < 4.78 is 5.21. The highest BCUT2D eigenvalue weighted by molar-refractivity contribution is 5.96. The number of nitrogens with zero attached hydrogens (tertiary/aromatic N) is 1. The van der Waals surface area contributed by atoms with E-state index in [1.807, 2.05) is 30.3 Å². The summed E-state index contributed by atoms with van der Waals surface area (Å²) in [5.74, 6) is -0.396. The molecular weight excluding hydrogens is 328 g/mol. The van der Waals surface area contributed by atoms with E-state index in [-0.39, 0.29) is 5.56 Å². The van der Waals surface area contributed by atoms with E-state index in [2.05, 4.69) is 29.3 Å². The Morgan fingerprint density at radius 1 is 1.08 bits per heavy atom. The molecule has 5 heteroatoms. The molecule has 1 heterocycles. The first kappa shape index (κ1) is 17.7. The maximum absolute atomic E-state index is 12.3. The van der Waals surface area contributed by atoms with Gasteiger partial charge in [-0.2, -0.15) is 0 Å². The van der Waals surface area contributed by atoms with E-state index in [0.717, 1.165) is 30.6 Å². The van der Waals surface area contributed by atoms with Crippen molar-refractivity contribution in [3.63, 3.8) is 0 Å². The molecule has 0 aliphatic rings.